The summed E-state index contributed by atoms with van der Waals surface area (Å²) in [7, 11) is 0. The molecule has 6 nitrogen and oxygen atoms in total. The first-order valence-electron chi connectivity index (χ1n) is 7.31. The number of carbonyl (C=O) groups is 2. The molecule has 128 valence electrons. The summed E-state index contributed by atoms with van der Waals surface area (Å²) in [4.78, 5) is 27.9. The Hall–Kier alpha value is -2.77. The van der Waals surface area contributed by atoms with Crippen molar-refractivity contribution in [3.05, 3.63) is 53.1 Å². The molecule has 0 amide bonds. The fourth-order valence-electron chi connectivity index (χ4n) is 2.12. The third-order valence-corrected chi connectivity index (χ3v) is 3.17. The minimum atomic E-state index is -0.824. The number of hydrogen-bond donors (Lipinski definition) is 0. The molecule has 0 atom stereocenters. The van der Waals surface area contributed by atoms with Crippen molar-refractivity contribution < 1.29 is 27.8 Å². The van der Waals surface area contributed by atoms with E-state index in [4.69, 9.17) is 9.47 Å². The monoisotopic (exact) mass is 338 g/mol. The summed E-state index contributed by atoms with van der Waals surface area (Å²) in [6, 6.07) is 3.44. The van der Waals surface area contributed by atoms with Gasteiger partial charge in [-0.2, -0.15) is 0 Å². The number of carbonyl (C=O) groups excluding carboxylic acids is 2. The molecule has 8 heteroatoms. The van der Waals surface area contributed by atoms with Crippen molar-refractivity contribution in [1.29, 1.82) is 0 Å². The van der Waals surface area contributed by atoms with E-state index < -0.39 is 23.6 Å². The van der Waals surface area contributed by atoms with Gasteiger partial charge in [0, 0.05) is 5.56 Å². The van der Waals surface area contributed by atoms with Crippen LogP contribution in [0.2, 0.25) is 0 Å². The van der Waals surface area contributed by atoms with Crippen molar-refractivity contribution in [1.82, 2.24) is 9.55 Å². The van der Waals surface area contributed by atoms with Crippen LogP contribution in [0, 0.1) is 11.6 Å². The molecule has 0 fully saturated rings. The molecule has 0 N–H and O–H groups in total. The van der Waals surface area contributed by atoms with Crippen LogP contribution in [0.1, 0.15) is 40.4 Å². The van der Waals surface area contributed by atoms with Gasteiger partial charge in [0.1, 0.15) is 11.6 Å². The Morgan fingerprint density at radius 3 is 2.25 bits per heavy atom. The van der Waals surface area contributed by atoms with Crippen LogP contribution in [0.15, 0.2) is 24.5 Å². The topological polar surface area (TPSA) is 70.4 Å². The van der Waals surface area contributed by atoms with Crippen LogP contribution in [0.25, 0.3) is 0 Å². The van der Waals surface area contributed by atoms with Crippen molar-refractivity contribution in [3.8, 4) is 0 Å². The van der Waals surface area contributed by atoms with Gasteiger partial charge < -0.3 is 14.0 Å². The van der Waals surface area contributed by atoms with Gasteiger partial charge in [-0.15, -0.1) is 0 Å². The average Bonchev–Trinajstić information content (AvgIpc) is 2.95. The zero-order chi connectivity index (χ0) is 17.7. The van der Waals surface area contributed by atoms with Crippen molar-refractivity contribution in [2.45, 2.75) is 20.4 Å². The van der Waals surface area contributed by atoms with E-state index in [-0.39, 0.29) is 36.7 Å². The van der Waals surface area contributed by atoms with Crippen molar-refractivity contribution in [3.63, 3.8) is 0 Å². The van der Waals surface area contributed by atoms with E-state index in [9.17, 15) is 18.4 Å². The number of nitrogens with zero attached hydrogens (tertiary/aromatic N) is 2. The van der Waals surface area contributed by atoms with Crippen LogP contribution in [-0.2, 0) is 16.0 Å². The second kappa shape index (κ2) is 7.67. The minimum Gasteiger partial charge on any atom is -0.461 e. The molecule has 0 aliphatic carbocycles. The summed E-state index contributed by atoms with van der Waals surface area (Å²) in [5.41, 5.74) is -0.721. The first kappa shape index (κ1) is 17.6. The number of benzene rings is 1. The summed E-state index contributed by atoms with van der Waals surface area (Å²) in [6.45, 7) is 3.04. The van der Waals surface area contributed by atoms with Gasteiger partial charge in [-0.05, 0) is 26.0 Å². The van der Waals surface area contributed by atoms with Gasteiger partial charge >= 0.3 is 11.9 Å². The molecular weight excluding hydrogens is 322 g/mol. The normalized spacial score (nSPS) is 10.5. The highest BCUT2D eigenvalue weighted by Crippen LogP contribution is 2.18. The van der Waals surface area contributed by atoms with Crippen LogP contribution in [0.5, 0.6) is 0 Å². The molecule has 0 saturated heterocycles. The minimum absolute atomic E-state index is 0.0698. The highest BCUT2D eigenvalue weighted by atomic mass is 19.1. The molecule has 0 spiro atoms. The predicted octanol–water partition coefficient (Wildman–Crippen LogP) is 2.56. The van der Waals surface area contributed by atoms with Crippen molar-refractivity contribution >= 4 is 11.9 Å². The van der Waals surface area contributed by atoms with E-state index in [1.54, 1.807) is 13.8 Å². The van der Waals surface area contributed by atoms with Gasteiger partial charge in [0.05, 0.1) is 26.1 Å². The summed E-state index contributed by atoms with van der Waals surface area (Å²) in [6.07, 6.45) is 1.14. The van der Waals surface area contributed by atoms with Gasteiger partial charge in [-0.1, -0.05) is 6.07 Å². The maximum atomic E-state index is 13.8. The molecule has 2 rings (SSSR count). The summed E-state index contributed by atoms with van der Waals surface area (Å²) in [5.74, 6) is -3.17. The third-order valence-electron chi connectivity index (χ3n) is 3.17. The molecule has 0 saturated carbocycles. The van der Waals surface area contributed by atoms with Gasteiger partial charge in [0.25, 0.3) is 0 Å². The molecule has 2 aromatic rings. The van der Waals surface area contributed by atoms with E-state index in [1.165, 1.54) is 6.07 Å². The largest absolute Gasteiger partial charge is 0.461 e. The number of esters is 2. The van der Waals surface area contributed by atoms with E-state index >= 15 is 0 Å². The number of hydrogen-bond acceptors (Lipinski definition) is 5. The number of halogens is 2. The van der Waals surface area contributed by atoms with E-state index in [1.807, 2.05) is 0 Å². The van der Waals surface area contributed by atoms with E-state index in [2.05, 4.69) is 4.98 Å². The highest BCUT2D eigenvalue weighted by molar-refractivity contribution is 6.00. The van der Waals surface area contributed by atoms with E-state index in [0.29, 0.717) is 0 Å². The maximum Gasteiger partial charge on any atom is 0.359 e. The zero-order valence-electron chi connectivity index (χ0n) is 13.2. The molecule has 0 unspecified atom stereocenters. The van der Waals surface area contributed by atoms with Crippen LogP contribution in [0.3, 0.4) is 0 Å². The Morgan fingerprint density at radius 2 is 1.67 bits per heavy atom. The van der Waals surface area contributed by atoms with Gasteiger partial charge in [-0.3, -0.25) is 0 Å². The summed E-state index contributed by atoms with van der Waals surface area (Å²) >= 11 is 0. The molecule has 0 aliphatic heterocycles. The van der Waals surface area contributed by atoms with Crippen molar-refractivity contribution in [2.75, 3.05) is 13.2 Å². The van der Waals surface area contributed by atoms with Gasteiger partial charge in [-0.25, -0.2) is 23.4 Å². The number of rotatable bonds is 6. The first-order valence-corrected chi connectivity index (χ1v) is 7.31. The Balaban J connectivity index is 2.46. The van der Waals surface area contributed by atoms with Crippen LogP contribution in [0.4, 0.5) is 8.78 Å². The summed E-state index contributed by atoms with van der Waals surface area (Å²) < 4.78 is 38.5. The number of ether oxygens (including phenoxy) is 2. The van der Waals surface area contributed by atoms with Gasteiger partial charge in [0.2, 0.25) is 0 Å². The molecule has 0 radical (unpaired) electrons. The van der Waals surface area contributed by atoms with Crippen LogP contribution in [-0.4, -0.2) is 34.7 Å². The Morgan fingerprint density at radius 1 is 1.08 bits per heavy atom. The Kier molecular flexibility index (Phi) is 5.62. The van der Waals surface area contributed by atoms with Crippen LogP contribution < -0.4 is 0 Å². The lowest BCUT2D eigenvalue weighted by Crippen LogP contribution is -2.18. The fraction of sp³-hybridized carbons (Fsp3) is 0.312. The molecule has 24 heavy (non-hydrogen) atoms. The van der Waals surface area contributed by atoms with Crippen molar-refractivity contribution in [2.24, 2.45) is 0 Å². The second-order valence-corrected chi connectivity index (χ2v) is 4.71. The maximum absolute atomic E-state index is 13.8. The predicted molar refractivity (Wildman–Crippen MR) is 79.6 cm³/mol. The lowest BCUT2D eigenvalue weighted by Gasteiger charge is -2.10. The third kappa shape index (κ3) is 3.58. The molecular formula is C16H16F2N2O4. The molecule has 1 aromatic carbocycles. The average molecular weight is 338 g/mol. The number of imidazole rings is 1. The smallest absolute Gasteiger partial charge is 0.359 e. The molecule has 0 bridgehead atoms. The lowest BCUT2D eigenvalue weighted by atomic mass is 10.2. The zero-order valence-corrected chi connectivity index (χ0v) is 13.2. The summed E-state index contributed by atoms with van der Waals surface area (Å²) in [5, 5.41) is 0. The SMILES string of the molecule is CCOC(=O)c1ncn(Cc2c(F)cccc2F)c1C(=O)OCC. The molecule has 1 aromatic heterocycles. The number of aromatic nitrogens is 2. The Labute approximate surface area is 137 Å². The highest BCUT2D eigenvalue weighted by Gasteiger charge is 2.26. The fourth-order valence-corrected chi connectivity index (χ4v) is 2.12. The van der Waals surface area contributed by atoms with E-state index in [0.717, 1.165) is 23.0 Å². The Bertz CT molecular complexity index is 738. The first-order chi connectivity index (χ1) is 11.5. The molecule has 0 aliphatic rings. The second-order valence-electron chi connectivity index (χ2n) is 4.71. The van der Waals surface area contributed by atoms with Crippen LogP contribution >= 0.6 is 0 Å². The molecule has 1 heterocycles. The van der Waals surface area contributed by atoms with Gasteiger partial charge in [0.15, 0.2) is 11.4 Å². The quantitative estimate of drug-likeness (QED) is 0.757. The standard InChI is InChI=1S/C16H16F2N2O4/c1-3-23-15(21)13-14(16(22)24-4-2)20(9-19-13)8-10-11(17)6-5-7-12(10)18/h5-7,9H,3-4,8H2,1-2H3. The lowest BCUT2D eigenvalue weighted by molar-refractivity contribution is 0.0467.